The number of para-hydroxylation sites is 1. The Kier molecular flexibility index (Phi) is 8.11. The molecular formula is C23H30ClN3O5S. The first-order chi connectivity index (χ1) is 15.9. The van der Waals surface area contributed by atoms with E-state index in [4.69, 9.17) is 21.1 Å². The highest BCUT2D eigenvalue weighted by Crippen LogP contribution is 2.26. The number of aliphatic hydroxyl groups excluding tert-OH is 1. The summed E-state index contributed by atoms with van der Waals surface area (Å²) in [6, 6.07) is 14.2. The number of sulfonamides is 1. The summed E-state index contributed by atoms with van der Waals surface area (Å²) in [5.74, 6) is 0.526. The van der Waals surface area contributed by atoms with Crippen LogP contribution in [0.5, 0.6) is 5.75 Å². The van der Waals surface area contributed by atoms with Crippen molar-refractivity contribution in [1.29, 1.82) is 0 Å². The first-order valence-corrected chi connectivity index (χ1v) is 13.0. The Hall–Kier alpha value is -1.88. The van der Waals surface area contributed by atoms with Crippen molar-refractivity contribution in [2.75, 3.05) is 70.5 Å². The Morgan fingerprint density at radius 2 is 1.64 bits per heavy atom. The van der Waals surface area contributed by atoms with Crippen molar-refractivity contribution >= 4 is 27.3 Å². The van der Waals surface area contributed by atoms with E-state index in [1.165, 1.54) is 4.31 Å². The summed E-state index contributed by atoms with van der Waals surface area (Å²) in [6.45, 7) is 5.54. The quantitative estimate of drug-likeness (QED) is 0.599. The predicted molar refractivity (Wildman–Crippen MR) is 128 cm³/mol. The Morgan fingerprint density at radius 3 is 2.30 bits per heavy atom. The number of anilines is 1. The molecule has 1 atom stereocenters. The highest BCUT2D eigenvalue weighted by Gasteiger charge is 2.26. The van der Waals surface area contributed by atoms with E-state index in [0.717, 1.165) is 36.9 Å². The first kappa shape index (κ1) is 24.3. The zero-order valence-electron chi connectivity index (χ0n) is 18.5. The van der Waals surface area contributed by atoms with Gasteiger partial charge in [0.05, 0.1) is 28.8 Å². The van der Waals surface area contributed by atoms with Crippen molar-refractivity contribution in [1.82, 2.24) is 9.21 Å². The molecule has 2 aliphatic heterocycles. The van der Waals surface area contributed by atoms with Crippen molar-refractivity contribution in [3.8, 4) is 5.75 Å². The second-order valence-electron chi connectivity index (χ2n) is 8.19. The number of rotatable bonds is 8. The summed E-state index contributed by atoms with van der Waals surface area (Å²) in [7, 11) is -3.53. The number of β-amino-alcohol motifs (C(OH)–C–C–N with tert-alkyl or cyclic N) is 1. The third kappa shape index (κ3) is 6.17. The number of benzene rings is 2. The second kappa shape index (κ2) is 11.0. The fourth-order valence-electron chi connectivity index (χ4n) is 4.07. The SMILES string of the molecule is O=S(=O)(c1ccc(OC[C@H](O)CN2CCN(c3ccccc3Cl)CC2)cc1)N1CCOCC1. The van der Waals surface area contributed by atoms with Gasteiger partial charge >= 0.3 is 0 Å². The molecule has 0 saturated carbocycles. The van der Waals surface area contributed by atoms with Crippen LogP contribution in [0.3, 0.4) is 0 Å². The van der Waals surface area contributed by atoms with Crippen molar-refractivity contribution < 1.29 is 23.0 Å². The summed E-state index contributed by atoms with van der Waals surface area (Å²) < 4.78 is 37.7. The molecule has 0 unspecified atom stereocenters. The number of hydrogen-bond acceptors (Lipinski definition) is 7. The minimum Gasteiger partial charge on any atom is -0.491 e. The molecule has 33 heavy (non-hydrogen) atoms. The van der Waals surface area contributed by atoms with Gasteiger partial charge in [-0.15, -0.1) is 0 Å². The molecule has 180 valence electrons. The number of morpholine rings is 1. The zero-order valence-corrected chi connectivity index (χ0v) is 20.0. The Morgan fingerprint density at radius 1 is 0.970 bits per heavy atom. The number of halogens is 1. The Labute approximate surface area is 200 Å². The van der Waals surface area contributed by atoms with Crippen molar-refractivity contribution in [3.05, 3.63) is 53.6 Å². The van der Waals surface area contributed by atoms with Gasteiger partial charge in [0.1, 0.15) is 18.5 Å². The van der Waals surface area contributed by atoms with Crippen molar-refractivity contribution in [2.24, 2.45) is 0 Å². The lowest BCUT2D eigenvalue weighted by atomic mass is 10.2. The average molecular weight is 496 g/mol. The second-order valence-corrected chi connectivity index (χ2v) is 10.5. The first-order valence-electron chi connectivity index (χ1n) is 11.1. The number of ether oxygens (including phenoxy) is 2. The molecule has 0 radical (unpaired) electrons. The smallest absolute Gasteiger partial charge is 0.243 e. The van der Waals surface area contributed by atoms with Crippen LogP contribution >= 0.6 is 11.6 Å². The maximum Gasteiger partial charge on any atom is 0.243 e. The van der Waals surface area contributed by atoms with E-state index in [1.54, 1.807) is 24.3 Å². The Balaban J connectivity index is 1.22. The van der Waals surface area contributed by atoms with E-state index >= 15 is 0 Å². The van der Waals surface area contributed by atoms with E-state index in [9.17, 15) is 13.5 Å². The number of aliphatic hydroxyl groups is 1. The molecule has 2 fully saturated rings. The lowest BCUT2D eigenvalue weighted by molar-refractivity contribution is 0.0663. The molecule has 0 aromatic heterocycles. The van der Waals surface area contributed by atoms with Gasteiger partial charge in [0.15, 0.2) is 0 Å². The van der Waals surface area contributed by atoms with Crippen LogP contribution in [0, 0.1) is 0 Å². The van der Waals surface area contributed by atoms with Crippen LogP contribution in [0.4, 0.5) is 5.69 Å². The molecule has 4 rings (SSSR count). The number of hydrogen-bond donors (Lipinski definition) is 1. The monoisotopic (exact) mass is 495 g/mol. The lowest BCUT2D eigenvalue weighted by Crippen LogP contribution is -2.49. The third-order valence-electron chi connectivity index (χ3n) is 5.91. The molecule has 0 amide bonds. The van der Waals surface area contributed by atoms with E-state index in [1.807, 2.05) is 24.3 Å². The van der Waals surface area contributed by atoms with Gasteiger partial charge in [-0.1, -0.05) is 23.7 Å². The van der Waals surface area contributed by atoms with Gasteiger partial charge in [-0.25, -0.2) is 8.42 Å². The van der Waals surface area contributed by atoms with Crippen LogP contribution < -0.4 is 9.64 Å². The van der Waals surface area contributed by atoms with Crippen LogP contribution in [-0.2, 0) is 14.8 Å². The van der Waals surface area contributed by atoms with Gasteiger partial charge < -0.3 is 19.5 Å². The summed E-state index contributed by atoms with van der Waals surface area (Å²) in [5.41, 5.74) is 1.04. The highest BCUT2D eigenvalue weighted by molar-refractivity contribution is 7.89. The van der Waals surface area contributed by atoms with Crippen LogP contribution in [0.15, 0.2) is 53.4 Å². The van der Waals surface area contributed by atoms with E-state index < -0.39 is 16.1 Å². The maximum absolute atomic E-state index is 12.7. The fourth-order valence-corrected chi connectivity index (χ4v) is 5.73. The summed E-state index contributed by atoms with van der Waals surface area (Å²) in [4.78, 5) is 4.70. The van der Waals surface area contributed by atoms with Gasteiger partial charge in [-0.2, -0.15) is 4.31 Å². The summed E-state index contributed by atoms with van der Waals surface area (Å²) >= 11 is 6.30. The summed E-state index contributed by atoms with van der Waals surface area (Å²) in [5, 5.41) is 11.2. The van der Waals surface area contributed by atoms with Crippen LogP contribution in [-0.4, -0.2) is 94.5 Å². The lowest BCUT2D eigenvalue weighted by Gasteiger charge is -2.37. The highest BCUT2D eigenvalue weighted by atomic mass is 35.5. The standard InChI is InChI=1S/C23H30ClN3O5S/c24-22-3-1-2-4-23(22)26-11-9-25(10-12-26)17-19(28)18-32-20-5-7-21(8-6-20)33(29,30)27-13-15-31-16-14-27/h1-8,19,28H,9-18H2/t19-/m1/s1. The molecule has 2 heterocycles. The summed E-state index contributed by atoms with van der Waals surface area (Å²) in [6.07, 6.45) is -0.645. The molecule has 2 aromatic carbocycles. The van der Waals surface area contributed by atoms with Crippen LogP contribution in [0.2, 0.25) is 5.02 Å². The molecule has 0 bridgehead atoms. The third-order valence-corrected chi connectivity index (χ3v) is 8.14. The fraction of sp³-hybridized carbons (Fsp3) is 0.478. The molecule has 8 nitrogen and oxygen atoms in total. The molecular weight excluding hydrogens is 466 g/mol. The van der Waals surface area contributed by atoms with Crippen molar-refractivity contribution in [3.63, 3.8) is 0 Å². The Bertz CT molecular complexity index is 1010. The minimum atomic E-state index is -3.53. The normalized spacial score (nSPS) is 19.4. The van der Waals surface area contributed by atoms with E-state index in [-0.39, 0.29) is 11.5 Å². The maximum atomic E-state index is 12.7. The van der Waals surface area contributed by atoms with Gasteiger partial charge in [-0.05, 0) is 36.4 Å². The van der Waals surface area contributed by atoms with Gasteiger partial charge in [-0.3, -0.25) is 4.90 Å². The molecule has 2 aromatic rings. The topological polar surface area (TPSA) is 82.5 Å². The predicted octanol–water partition coefficient (Wildman–Crippen LogP) is 1.92. The van der Waals surface area contributed by atoms with Crippen molar-refractivity contribution in [2.45, 2.75) is 11.0 Å². The van der Waals surface area contributed by atoms with Gasteiger partial charge in [0, 0.05) is 45.8 Å². The number of piperazine rings is 1. The van der Waals surface area contributed by atoms with Gasteiger partial charge in [0.25, 0.3) is 0 Å². The minimum absolute atomic E-state index is 0.139. The molecule has 2 saturated heterocycles. The molecule has 0 aliphatic carbocycles. The van der Waals surface area contributed by atoms with Gasteiger partial charge in [0.2, 0.25) is 10.0 Å². The number of nitrogens with zero attached hydrogens (tertiary/aromatic N) is 3. The average Bonchev–Trinajstić information content (AvgIpc) is 2.84. The largest absolute Gasteiger partial charge is 0.491 e. The van der Waals surface area contributed by atoms with Crippen LogP contribution in [0.1, 0.15) is 0 Å². The molecule has 2 aliphatic rings. The van der Waals surface area contributed by atoms with E-state index in [2.05, 4.69) is 9.80 Å². The van der Waals surface area contributed by atoms with E-state index in [0.29, 0.717) is 38.6 Å². The molecule has 1 N–H and O–H groups in total. The zero-order chi connectivity index (χ0) is 23.3. The van der Waals surface area contributed by atoms with Crippen LogP contribution in [0.25, 0.3) is 0 Å². The molecule has 0 spiro atoms. The molecule has 10 heteroatoms.